The van der Waals surface area contributed by atoms with Crippen molar-refractivity contribution in [1.29, 1.82) is 0 Å². The van der Waals surface area contributed by atoms with Crippen LogP contribution < -0.4 is 4.89 Å². The van der Waals surface area contributed by atoms with Crippen LogP contribution in [0.25, 0.3) is 0 Å². The second-order valence-corrected chi connectivity index (χ2v) is 17.2. The molecule has 0 aromatic carbocycles. The van der Waals surface area contributed by atoms with Gasteiger partial charge in [0.15, 0.2) is 6.10 Å². The third kappa shape index (κ3) is 41.6. The van der Waals surface area contributed by atoms with Gasteiger partial charge in [-0.2, -0.15) is 0 Å². The number of quaternary nitrogens is 1. The zero-order chi connectivity index (χ0) is 39.1. The van der Waals surface area contributed by atoms with E-state index in [2.05, 4.69) is 38.2 Å². The van der Waals surface area contributed by atoms with Gasteiger partial charge in [0.1, 0.15) is 19.8 Å². The average molecular weight is 770 g/mol. The molecule has 53 heavy (non-hydrogen) atoms. The molecule has 0 heterocycles. The van der Waals surface area contributed by atoms with Gasteiger partial charge in [-0.15, -0.1) is 0 Å². The van der Waals surface area contributed by atoms with E-state index in [4.69, 9.17) is 18.5 Å². The third-order valence-corrected chi connectivity index (χ3v) is 10.2. The Kier molecular flexibility index (Phi) is 36.5. The summed E-state index contributed by atoms with van der Waals surface area (Å²) in [6.45, 7) is 4.70. The quantitative estimate of drug-likeness (QED) is 0.0153. The molecule has 9 heteroatoms. The molecule has 0 aliphatic rings. The van der Waals surface area contributed by atoms with Crippen molar-refractivity contribution in [2.75, 3.05) is 47.5 Å². The van der Waals surface area contributed by atoms with Gasteiger partial charge in [0.05, 0.1) is 34.0 Å². The van der Waals surface area contributed by atoms with Crippen LogP contribution in [-0.2, 0) is 27.9 Å². The number of allylic oxidation sites excluding steroid dienone is 5. The molecule has 0 aromatic heterocycles. The molecule has 8 nitrogen and oxygen atoms in total. The maximum Gasteiger partial charge on any atom is 0.306 e. The Labute approximate surface area is 327 Å². The predicted octanol–water partition coefficient (Wildman–Crippen LogP) is 12.3. The number of likely N-dealkylation sites (N-methyl/N-ethyl adjacent to an activating group) is 1. The van der Waals surface area contributed by atoms with Gasteiger partial charge in [-0.3, -0.25) is 9.36 Å². The Morgan fingerprint density at radius 2 is 1.06 bits per heavy atom. The molecular weight excluding hydrogens is 685 g/mol. The van der Waals surface area contributed by atoms with Crippen molar-refractivity contribution in [1.82, 2.24) is 0 Å². The van der Waals surface area contributed by atoms with Crippen LogP contribution in [0.5, 0.6) is 0 Å². The summed E-state index contributed by atoms with van der Waals surface area (Å²) >= 11 is 0. The lowest BCUT2D eigenvalue weighted by atomic mass is 10.0. The number of unbranched alkanes of at least 4 members (excludes halogenated alkanes) is 22. The molecular formula is C44H84NO7P. The Morgan fingerprint density at radius 1 is 0.604 bits per heavy atom. The number of nitrogens with zero attached hydrogens (tertiary/aromatic N) is 1. The van der Waals surface area contributed by atoms with E-state index in [-0.39, 0.29) is 32.2 Å². The van der Waals surface area contributed by atoms with E-state index in [0.29, 0.717) is 11.0 Å². The van der Waals surface area contributed by atoms with Crippen LogP contribution in [0.2, 0.25) is 0 Å². The van der Waals surface area contributed by atoms with Gasteiger partial charge in [0.2, 0.25) is 0 Å². The van der Waals surface area contributed by atoms with Crippen LogP contribution in [-0.4, -0.2) is 64.1 Å². The SMILES string of the molecule is CCCCC/C=C\C/C=C\CCCCCCCC(=O)O[C@H](CO/C=C\CCCCCCCCCCCCCCCC)COP(=O)([O-])OCC[N+](C)(C)C. The van der Waals surface area contributed by atoms with E-state index in [1.54, 1.807) is 6.26 Å². The van der Waals surface area contributed by atoms with Crippen LogP contribution in [0.15, 0.2) is 36.6 Å². The van der Waals surface area contributed by atoms with Crippen molar-refractivity contribution < 1.29 is 37.3 Å². The largest absolute Gasteiger partial charge is 0.756 e. The summed E-state index contributed by atoms with van der Waals surface area (Å²) < 4.78 is 34.3. The van der Waals surface area contributed by atoms with E-state index >= 15 is 0 Å². The summed E-state index contributed by atoms with van der Waals surface area (Å²) in [6, 6.07) is 0. The third-order valence-electron chi connectivity index (χ3n) is 9.26. The van der Waals surface area contributed by atoms with E-state index in [0.717, 1.165) is 57.8 Å². The highest BCUT2D eigenvalue weighted by Gasteiger charge is 2.20. The van der Waals surface area contributed by atoms with Gasteiger partial charge >= 0.3 is 5.97 Å². The van der Waals surface area contributed by atoms with E-state index in [1.165, 1.54) is 109 Å². The molecule has 0 amide bonds. The lowest BCUT2D eigenvalue weighted by Gasteiger charge is -2.28. The first-order valence-electron chi connectivity index (χ1n) is 21.8. The topological polar surface area (TPSA) is 94.1 Å². The van der Waals surface area contributed by atoms with E-state index < -0.39 is 13.9 Å². The number of hydrogen-bond donors (Lipinski definition) is 0. The molecule has 0 rings (SSSR count). The van der Waals surface area contributed by atoms with Gasteiger partial charge in [-0.1, -0.05) is 154 Å². The second kappa shape index (κ2) is 37.5. The number of rotatable bonds is 40. The Morgan fingerprint density at radius 3 is 1.58 bits per heavy atom. The molecule has 0 aliphatic heterocycles. The summed E-state index contributed by atoms with van der Waals surface area (Å²) in [5, 5.41) is 0. The number of phosphoric acid groups is 1. The first-order chi connectivity index (χ1) is 25.6. The zero-order valence-electron chi connectivity index (χ0n) is 35.2. The zero-order valence-corrected chi connectivity index (χ0v) is 36.1. The molecule has 0 aliphatic carbocycles. The fraction of sp³-hybridized carbons (Fsp3) is 0.841. The number of esters is 1. The minimum absolute atomic E-state index is 0.0139. The summed E-state index contributed by atoms with van der Waals surface area (Å²) in [4.78, 5) is 25.0. The maximum absolute atomic E-state index is 12.6. The maximum atomic E-state index is 12.6. The van der Waals surface area contributed by atoms with Crippen molar-refractivity contribution in [3.63, 3.8) is 0 Å². The summed E-state index contributed by atoms with van der Waals surface area (Å²) in [5.74, 6) is -0.369. The molecule has 2 atom stereocenters. The minimum Gasteiger partial charge on any atom is -0.756 e. The summed E-state index contributed by atoms with van der Waals surface area (Å²) in [6.07, 6.45) is 43.9. The van der Waals surface area contributed by atoms with Crippen LogP contribution in [0.3, 0.4) is 0 Å². The Hall–Kier alpha value is -1.44. The van der Waals surface area contributed by atoms with Crippen molar-refractivity contribution in [3.05, 3.63) is 36.6 Å². The highest BCUT2D eigenvalue weighted by Crippen LogP contribution is 2.38. The Balaban J connectivity index is 4.31. The van der Waals surface area contributed by atoms with E-state index in [9.17, 15) is 14.3 Å². The van der Waals surface area contributed by atoms with Crippen LogP contribution in [0.4, 0.5) is 0 Å². The van der Waals surface area contributed by atoms with Crippen LogP contribution >= 0.6 is 7.82 Å². The monoisotopic (exact) mass is 770 g/mol. The molecule has 0 fully saturated rings. The Bertz CT molecular complexity index is 947. The van der Waals surface area contributed by atoms with Crippen molar-refractivity contribution in [2.24, 2.45) is 0 Å². The predicted molar refractivity (Wildman–Crippen MR) is 222 cm³/mol. The second-order valence-electron chi connectivity index (χ2n) is 15.8. The highest BCUT2D eigenvalue weighted by molar-refractivity contribution is 7.45. The van der Waals surface area contributed by atoms with Gasteiger partial charge in [0.25, 0.3) is 7.82 Å². The molecule has 0 radical (unpaired) electrons. The van der Waals surface area contributed by atoms with Gasteiger partial charge in [-0.25, -0.2) is 0 Å². The molecule has 0 aromatic rings. The smallest absolute Gasteiger partial charge is 0.306 e. The highest BCUT2D eigenvalue weighted by atomic mass is 31.2. The molecule has 312 valence electrons. The average Bonchev–Trinajstić information content (AvgIpc) is 3.11. The minimum atomic E-state index is -4.54. The lowest BCUT2D eigenvalue weighted by molar-refractivity contribution is -0.870. The summed E-state index contributed by atoms with van der Waals surface area (Å²) in [5.41, 5.74) is 0. The van der Waals surface area contributed by atoms with Crippen LogP contribution in [0.1, 0.15) is 187 Å². The first kappa shape index (κ1) is 51.6. The first-order valence-corrected chi connectivity index (χ1v) is 23.2. The van der Waals surface area contributed by atoms with Gasteiger partial charge in [0, 0.05) is 6.42 Å². The molecule has 0 saturated carbocycles. The standard InChI is InChI=1S/C44H84NO7P/c1-6-8-10-12-14-16-18-20-22-24-26-28-30-32-34-36-39-49-41-43(42-51-53(47,48)50-40-38-45(3,4)5)52-44(46)37-35-33-31-29-27-25-23-21-19-17-15-13-11-9-7-2/h15,17,21,23,36,39,43H,6-14,16,18-20,22,24-35,37-38,40-42H2,1-5H3/b17-15-,23-21-,39-36-/t43-/m1/s1. The molecule has 0 saturated heterocycles. The van der Waals surface area contributed by atoms with Crippen molar-refractivity contribution >= 4 is 13.8 Å². The fourth-order valence-electron chi connectivity index (χ4n) is 5.84. The number of ether oxygens (including phenoxy) is 2. The van der Waals surface area contributed by atoms with Gasteiger partial charge in [-0.05, 0) is 57.4 Å². The normalized spacial score (nSPS) is 14.1. The number of hydrogen-bond acceptors (Lipinski definition) is 7. The molecule has 0 bridgehead atoms. The lowest BCUT2D eigenvalue weighted by Crippen LogP contribution is -2.37. The van der Waals surface area contributed by atoms with Crippen molar-refractivity contribution in [3.8, 4) is 0 Å². The van der Waals surface area contributed by atoms with Crippen molar-refractivity contribution in [2.45, 2.75) is 193 Å². The molecule has 1 unspecified atom stereocenters. The van der Waals surface area contributed by atoms with Crippen LogP contribution in [0, 0.1) is 0 Å². The fourth-order valence-corrected chi connectivity index (χ4v) is 6.56. The summed E-state index contributed by atoms with van der Waals surface area (Å²) in [7, 11) is 1.32. The number of carbonyl (C=O) groups is 1. The number of carbonyl (C=O) groups excluding carboxylic acids is 1. The van der Waals surface area contributed by atoms with Gasteiger partial charge < -0.3 is 27.9 Å². The van der Waals surface area contributed by atoms with E-state index in [1.807, 2.05) is 27.2 Å². The molecule has 0 spiro atoms. The number of phosphoric ester groups is 1. The molecule has 0 N–H and O–H groups in total.